The summed E-state index contributed by atoms with van der Waals surface area (Å²) in [6, 6.07) is 9.21. The molecule has 0 bridgehead atoms. The molecule has 148 valence electrons. The average molecular weight is 476 g/mol. The van der Waals surface area contributed by atoms with Crippen LogP contribution in [0.5, 0.6) is 0 Å². The number of guanidine groups is 1. The van der Waals surface area contributed by atoms with Crippen molar-refractivity contribution in [1.82, 2.24) is 16.0 Å². The van der Waals surface area contributed by atoms with Gasteiger partial charge in [0, 0.05) is 45.0 Å². The number of halogens is 1. The Kier molecular flexibility index (Phi) is 15.0. The summed E-state index contributed by atoms with van der Waals surface area (Å²) in [7, 11) is 0. The quantitative estimate of drug-likeness (QED) is 0.199. The summed E-state index contributed by atoms with van der Waals surface area (Å²) in [5.41, 5.74) is 0.671. The van der Waals surface area contributed by atoms with Gasteiger partial charge in [-0.1, -0.05) is 32.0 Å². The van der Waals surface area contributed by atoms with E-state index < -0.39 is 0 Å². The van der Waals surface area contributed by atoms with E-state index in [-0.39, 0.29) is 29.9 Å². The second-order valence-electron chi connectivity index (χ2n) is 6.13. The molecule has 0 atom stereocenters. The second kappa shape index (κ2) is 15.9. The topological polar surface area (TPSA) is 74.8 Å². The first kappa shape index (κ1) is 24.7. The van der Waals surface area contributed by atoms with Crippen molar-refractivity contribution in [3.8, 4) is 0 Å². The molecular weight excluding hydrogens is 443 g/mol. The van der Waals surface area contributed by atoms with Crippen molar-refractivity contribution < 1.29 is 9.53 Å². The highest BCUT2D eigenvalue weighted by atomic mass is 127. The first-order valence-electron chi connectivity index (χ1n) is 9.06. The summed E-state index contributed by atoms with van der Waals surface area (Å²) < 4.78 is 5.55. The van der Waals surface area contributed by atoms with Crippen molar-refractivity contribution in [2.75, 3.05) is 39.4 Å². The molecule has 1 aromatic carbocycles. The number of hydrogen-bond acceptors (Lipinski definition) is 3. The summed E-state index contributed by atoms with van der Waals surface area (Å²) >= 11 is 0. The van der Waals surface area contributed by atoms with Crippen LogP contribution in [0.1, 0.15) is 37.6 Å². The number of aliphatic imine (C=N–C) groups is 1. The van der Waals surface area contributed by atoms with Crippen LogP contribution in [-0.4, -0.2) is 51.3 Å². The molecule has 0 aliphatic rings. The Balaban J connectivity index is 0.00000625. The molecule has 0 spiro atoms. The number of hydrogen-bond donors (Lipinski definition) is 3. The van der Waals surface area contributed by atoms with E-state index in [1.807, 2.05) is 25.1 Å². The number of carbonyl (C=O) groups excluding carboxylic acids is 1. The second-order valence-corrected chi connectivity index (χ2v) is 6.13. The van der Waals surface area contributed by atoms with Gasteiger partial charge in [-0.3, -0.25) is 9.79 Å². The molecule has 6 nitrogen and oxygen atoms in total. The van der Waals surface area contributed by atoms with Crippen molar-refractivity contribution in [2.24, 2.45) is 10.9 Å². The lowest BCUT2D eigenvalue weighted by atomic mass is 10.2. The zero-order valence-electron chi connectivity index (χ0n) is 16.1. The third-order valence-corrected chi connectivity index (χ3v) is 3.25. The molecule has 3 N–H and O–H groups in total. The summed E-state index contributed by atoms with van der Waals surface area (Å²) in [5.74, 6) is 1.26. The number of nitrogens with zero attached hydrogens (tertiary/aromatic N) is 1. The number of benzene rings is 1. The van der Waals surface area contributed by atoms with E-state index in [4.69, 9.17) is 4.74 Å². The fourth-order valence-corrected chi connectivity index (χ4v) is 2.07. The molecule has 0 saturated carbocycles. The van der Waals surface area contributed by atoms with Gasteiger partial charge in [0.1, 0.15) is 0 Å². The molecule has 7 heteroatoms. The minimum absolute atomic E-state index is 0. The minimum Gasteiger partial charge on any atom is -0.381 e. The van der Waals surface area contributed by atoms with Crippen molar-refractivity contribution in [2.45, 2.75) is 27.2 Å². The van der Waals surface area contributed by atoms with Crippen molar-refractivity contribution in [1.29, 1.82) is 0 Å². The van der Waals surface area contributed by atoms with Gasteiger partial charge in [-0.25, -0.2) is 0 Å². The van der Waals surface area contributed by atoms with E-state index in [0.29, 0.717) is 31.1 Å². The summed E-state index contributed by atoms with van der Waals surface area (Å²) in [5, 5.41) is 9.30. The Labute approximate surface area is 174 Å². The molecule has 0 fully saturated rings. The average Bonchev–Trinajstić information content (AvgIpc) is 2.61. The molecule has 0 aromatic heterocycles. The van der Waals surface area contributed by atoms with Gasteiger partial charge in [-0.05, 0) is 31.4 Å². The largest absolute Gasteiger partial charge is 0.381 e. The Morgan fingerprint density at radius 3 is 2.46 bits per heavy atom. The van der Waals surface area contributed by atoms with E-state index in [9.17, 15) is 4.79 Å². The number of ether oxygens (including phenoxy) is 1. The monoisotopic (exact) mass is 476 g/mol. The highest BCUT2D eigenvalue weighted by Gasteiger charge is 2.03. The Bertz CT molecular complexity index is 510. The molecule has 0 heterocycles. The zero-order valence-corrected chi connectivity index (χ0v) is 18.4. The van der Waals surface area contributed by atoms with Gasteiger partial charge in [0.2, 0.25) is 0 Å². The SMILES string of the molecule is CCNC(=NCCCOCC(C)C)NCCNC(=O)c1ccccc1.I. The van der Waals surface area contributed by atoms with E-state index in [1.54, 1.807) is 12.1 Å². The molecule has 0 unspecified atom stereocenters. The van der Waals surface area contributed by atoms with Crippen LogP contribution in [0.15, 0.2) is 35.3 Å². The molecule has 1 amide bonds. The third kappa shape index (κ3) is 12.1. The predicted molar refractivity (Wildman–Crippen MR) is 118 cm³/mol. The Morgan fingerprint density at radius 2 is 1.81 bits per heavy atom. The first-order chi connectivity index (χ1) is 12.1. The van der Waals surface area contributed by atoms with Crippen molar-refractivity contribution in [3.05, 3.63) is 35.9 Å². The maximum Gasteiger partial charge on any atom is 0.251 e. The Morgan fingerprint density at radius 1 is 1.12 bits per heavy atom. The molecule has 0 radical (unpaired) electrons. The number of carbonyl (C=O) groups is 1. The lowest BCUT2D eigenvalue weighted by molar-refractivity contribution is 0.0954. The standard InChI is InChI=1S/C19H32N4O2.HI/c1-4-20-19(22-11-8-14-25-15-16(2)3)23-13-12-21-18(24)17-9-6-5-7-10-17;/h5-7,9-10,16H,4,8,11-15H2,1-3H3,(H,21,24)(H2,20,22,23);1H. The number of rotatable bonds is 11. The molecular formula is C19H33IN4O2. The summed E-state index contributed by atoms with van der Waals surface area (Å²) in [6.07, 6.45) is 0.897. The van der Waals surface area contributed by atoms with E-state index in [2.05, 4.69) is 34.8 Å². The number of amides is 1. The van der Waals surface area contributed by atoms with Crippen LogP contribution in [0.3, 0.4) is 0 Å². The fraction of sp³-hybridized carbons (Fsp3) is 0.579. The van der Waals surface area contributed by atoms with Crippen molar-refractivity contribution >= 4 is 35.8 Å². The van der Waals surface area contributed by atoms with Crippen molar-refractivity contribution in [3.63, 3.8) is 0 Å². The number of nitrogens with one attached hydrogen (secondary N) is 3. The minimum atomic E-state index is -0.0633. The van der Waals surface area contributed by atoms with Crippen LogP contribution >= 0.6 is 24.0 Å². The smallest absolute Gasteiger partial charge is 0.251 e. The molecule has 0 aliphatic carbocycles. The normalized spacial score (nSPS) is 11.0. The van der Waals surface area contributed by atoms with E-state index in [0.717, 1.165) is 32.1 Å². The predicted octanol–water partition coefficient (Wildman–Crippen LogP) is 2.65. The van der Waals surface area contributed by atoms with E-state index in [1.165, 1.54) is 0 Å². The lowest BCUT2D eigenvalue weighted by Crippen LogP contribution is -2.41. The van der Waals surface area contributed by atoms with E-state index >= 15 is 0 Å². The van der Waals surface area contributed by atoms with Crippen LogP contribution in [0.2, 0.25) is 0 Å². The fourth-order valence-electron chi connectivity index (χ4n) is 2.07. The van der Waals surface area contributed by atoms with Crippen LogP contribution in [0, 0.1) is 5.92 Å². The zero-order chi connectivity index (χ0) is 18.3. The van der Waals surface area contributed by atoms with Gasteiger partial charge in [-0.15, -0.1) is 24.0 Å². The molecule has 0 saturated heterocycles. The molecule has 1 rings (SSSR count). The molecule has 0 aliphatic heterocycles. The Hall–Kier alpha value is -1.35. The third-order valence-electron chi connectivity index (χ3n) is 3.25. The van der Waals surface area contributed by atoms with Gasteiger partial charge in [0.15, 0.2) is 5.96 Å². The first-order valence-corrected chi connectivity index (χ1v) is 9.06. The summed E-state index contributed by atoms with van der Waals surface area (Å²) in [4.78, 5) is 16.4. The maximum absolute atomic E-state index is 11.9. The van der Waals surface area contributed by atoms with Gasteiger partial charge in [0.25, 0.3) is 5.91 Å². The maximum atomic E-state index is 11.9. The summed E-state index contributed by atoms with van der Waals surface area (Å²) in [6.45, 7) is 10.5. The highest BCUT2D eigenvalue weighted by Crippen LogP contribution is 1.97. The highest BCUT2D eigenvalue weighted by molar-refractivity contribution is 14.0. The molecule has 1 aromatic rings. The lowest BCUT2D eigenvalue weighted by Gasteiger charge is -2.12. The van der Waals surface area contributed by atoms with Gasteiger partial charge < -0.3 is 20.7 Å². The van der Waals surface area contributed by atoms with Gasteiger partial charge in [-0.2, -0.15) is 0 Å². The van der Waals surface area contributed by atoms with Gasteiger partial charge in [0.05, 0.1) is 0 Å². The van der Waals surface area contributed by atoms with Crippen LogP contribution < -0.4 is 16.0 Å². The van der Waals surface area contributed by atoms with Crippen LogP contribution in [-0.2, 0) is 4.74 Å². The van der Waals surface area contributed by atoms with Crippen LogP contribution in [0.4, 0.5) is 0 Å². The van der Waals surface area contributed by atoms with Crippen LogP contribution in [0.25, 0.3) is 0 Å². The molecule has 26 heavy (non-hydrogen) atoms. The van der Waals surface area contributed by atoms with Gasteiger partial charge >= 0.3 is 0 Å².